The van der Waals surface area contributed by atoms with Crippen LogP contribution >= 0.6 is 0 Å². The summed E-state index contributed by atoms with van der Waals surface area (Å²) in [4.78, 5) is 4.54. The second-order valence-corrected chi connectivity index (χ2v) is 3.75. The highest BCUT2D eigenvalue weighted by molar-refractivity contribution is 5.50. The topological polar surface area (TPSA) is 17.8 Å². The standard InChI is InChI=1S/C12H18N2/c1-6-7-8-11-10(4)13-12(9(2)3)14(11)5/h6-9H,1H2,2-5H3/b8-7-. The zero-order chi connectivity index (χ0) is 10.7. The molecule has 1 aromatic heterocycles. The monoisotopic (exact) mass is 190 g/mol. The Morgan fingerprint density at radius 3 is 2.50 bits per heavy atom. The highest BCUT2D eigenvalue weighted by Gasteiger charge is 2.11. The summed E-state index contributed by atoms with van der Waals surface area (Å²) < 4.78 is 2.14. The first-order valence-electron chi connectivity index (χ1n) is 4.90. The highest BCUT2D eigenvalue weighted by atomic mass is 15.1. The van der Waals surface area contributed by atoms with E-state index in [2.05, 4.69) is 37.0 Å². The van der Waals surface area contributed by atoms with Crippen molar-refractivity contribution in [3.63, 3.8) is 0 Å². The van der Waals surface area contributed by atoms with E-state index in [0.29, 0.717) is 5.92 Å². The first-order chi connectivity index (χ1) is 6.57. The Balaban J connectivity index is 3.17. The van der Waals surface area contributed by atoms with Gasteiger partial charge in [0.1, 0.15) is 5.82 Å². The number of hydrogen-bond donors (Lipinski definition) is 0. The molecule has 0 aliphatic carbocycles. The molecular weight excluding hydrogens is 172 g/mol. The molecule has 0 aromatic carbocycles. The summed E-state index contributed by atoms with van der Waals surface area (Å²) in [6, 6.07) is 0. The van der Waals surface area contributed by atoms with Crippen LogP contribution in [0.2, 0.25) is 0 Å². The zero-order valence-electron chi connectivity index (χ0n) is 9.41. The van der Waals surface area contributed by atoms with Crippen LogP contribution in [-0.2, 0) is 7.05 Å². The van der Waals surface area contributed by atoms with Gasteiger partial charge in [0.2, 0.25) is 0 Å². The van der Waals surface area contributed by atoms with Crippen molar-refractivity contribution in [3.8, 4) is 0 Å². The predicted octanol–water partition coefficient (Wildman–Crippen LogP) is 3.05. The normalized spacial score (nSPS) is 11.5. The van der Waals surface area contributed by atoms with Crippen molar-refractivity contribution in [1.82, 2.24) is 9.55 Å². The average molecular weight is 190 g/mol. The van der Waals surface area contributed by atoms with Gasteiger partial charge < -0.3 is 4.57 Å². The third kappa shape index (κ3) is 1.95. The first-order valence-corrected chi connectivity index (χ1v) is 4.90. The van der Waals surface area contributed by atoms with E-state index in [1.165, 1.54) is 0 Å². The van der Waals surface area contributed by atoms with Gasteiger partial charge in [-0.2, -0.15) is 0 Å². The van der Waals surface area contributed by atoms with Crippen LogP contribution in [0.1, 0.15) is 37.0 Å². The van der Waals surface area contributed by atoms with E-state index in [0.717, 1.165) is 17.2 Å². The molecule has 2 heteroatoms. The Hall–Kier alpha value is -1.31. The Labute approximate surface area is 86.0 Å². The quantitative estimate of drug-likeness (QED) is 0.670. The van der Waals surface area contributed by atoms with Crippen molar-refractivity contribution < 1.29 is 0 Å². The fourth-order valence-corrected chi connectivity index (χ4v) is 1.58. The summed E-state index contributed by atoms with van der Waals surface area (Å²) in [5.41, 5.74) is 2.24. The van der Waals surface area contributed by atoms with Crippen LogP contribution in [0.3, 0.4) is 0 Å². The van der Waals surface area contributed by atoms with Crippen molar-refractivity contribution in [1.29, 1.82) is 0 Å². The summed E-state index contributed by atoms with van der Waals surface area (Å²) in [5, 5.41) is 0. The minimum atomic E-state index is 0.463. The molecule has 2 nitrogen and oxygen atoms in total. The lowest BCUT2D eigenvalue weighted by Gasteiger charge is -2.05. The molecular formula is C12H18N2. The van der Waals surface area contributed by atoms with Crippen LogP contribution in [0, 0.1) is 6.92 Å². The maximum atomic E-state index is 4.54. The molecule has 1 rings (SSSR count). The predicted molar refractivity (Wildman–Crippen MR) is 61.3 cm³/mol. The number of rotatable bonds is 3. The van der Waals surface area contributed by atoms with Gasteiger partial charge in [-0.05, 0) is 13.0 Å². The van der Waals surface area contributed by atoms with Gasteiger partial charge in [0.25, 0.3) is 0 Å². The van der Waals surface area contributed by atoms with Crippen molar-refractivity contribution in [2.45, 2.75) is 26.7 Å². The molecule has 0 amide bonds. The molecule has 0 saturated heterocycles. The van der Waals surface area contributed by atoms with E-state index >= 15 is 0 Å². The SMILES string of the molecule is C=C/C=C\c1c(C)nc(C(C)C)n1C. The largest absolute Gasteiger partial charge is 0.331 e. The average Bonchev–Trinajstić information content (AvgIpc) is 2.40. The second kappa shape index (κ2) is 4.27. The van der Waals surface area contributed by atoms with Gasteiger partial charge in [0, 0.05) is 13.0 Å². The molecule has 1 aromatic rings. The molecule has 0 radical (unpaired) electrons. The molecule has 0 aliphatic rings. The number of aryl methyl sites for hydroxylation is 1. The van der Waals surface area contributed by atoms with E-state index in [1.807, 2.05) is 19.1 Å². The molecule has 0 spiro atoms. The van der Waals surface area contributed by atoms with Gasteiger partial charge in [0.15, 0.2) is 0 Å². The smallest absolute Gasteiger partial charge is 0.111 e. The Morgan fingerprint density at radius 2 is 2.07 bits per heavy atom. The van der Waals surface area contributed by atoms with E-state index in [4.69, 9.17) is 0 Å². The molecule has 14 heavy (non-hydrogen) atoms. The lowest BCUT2D eigenvalue weighted by atomic mass is 10.2. The van der Waals surface area contributed by atoms with E-state index in [1.54, 1.807) is 6.08 Å². The Kier molecular flexibility index (Phi) is 3.28. The number of allylic oxidation sites excluding steroid dienone is 2. The third-order valence-corrected chi connectivity index (χ3v) is 2.26. The van der Waals surface area contributed by atoms with Gasteiger partial charge >= 0.3 is 0 Å². The van der Waals surface area contributed by atoms with Crippen molar-refractivity contribution in [3.05, 3.63) is 35.9 Å². The fraction of sp³-hybridized carbons (Fsp3) is 0.417. The minimum Gasteiger partial charge on any atom is -0.331 e. The summed E-state index contributed by atoms with van der Waals surface area (Å²) >= 11 is 0. The van der Waals surface area contributed by atoms with Gasteiger partial charge in [-0.3, -0.25) is 0 Å². The molecule has 0 fully saturated rings. The Morgan fingerprint density at radius 1 is 1.43 bits per heavy atom. The molecule has 0 bridgehead atoms. The first kappa shape index (κ1) is 10.8. The molecule has 0 unspecified atom stereocenters. The lowest BCUT2D eigenvalue weighted by Crippen LogP contribution is -2.01. The fourth-order valence-electron chi connectivity index (χ4n) is 1.58. The van der Waals surface area contributed by atoms with Gasteiger partial charge in [-0.25, -0.2) is 4.98 Å². The van der Waals surface area contributed by atoms with Gasteiger partial charge in [-0.1, -0.05) is 32.6 Å². The van der Waals surface area contributed by atoms with Crippen LogP contribution in [-0.4, -0.2) is 9.55 Å². The number of imidazole rings is 1. The van der Waals surface area contributed by atoms with Gasteiger partial charge in [-0.15, -0.1) is 0 Å². The lowest BCUT2D eigenvalue weighted by molar-refractivity contribution is 0.708. The van der Waals surface area contributed by atoms with E-state index in [-0.39, 0.29) is 0 Å². The van der Waals surface area contributed by atoms with Crippen LogP contribution in [0.4, 0.5) is 0 Å². The maximum Gasteiger partial charge on any atom is 0.111 e. The second-order valence-electron chi connectivity index (χ2n) is 3.75. The molecule has 0 saturated carbocycles. The van der Waals surface area contributed by atoms with Crippen molar-refractivity contribution >= 4 is 6.08 Å². The molecule has 1 heterocycles. The van der Waals surface area contributed by atoms with Gasteiger partial charge in [0.05, 0.1) is 11.4 Å². The van der Waals surface area contributed by atoms with Crippen LogP contribution in [0.5, 0.6) is 0 Å². The van der Waals surface area contributed by atoms with E-state index < -0.39 is 0 Å². The molecule has 76 valence electrons. The van der Waals surface area contributed by atoms with Crippen LogP contribution in [0.25, 0.3) is 6.08 Å². The summed E-state index contributed by atoms with van der Waals surface area (Å²) in [6.45, 7) is 10.0. The number of nitrogens with zero attached hydrogens (tertiary/aromatic N) is 2. The summed E-state index contributed by atoms with van der Waals surface area (Å²) in [5.74, 6) is 1.59. The Bertz CT molecular complexity index is 357. The molecule has 0 aliphatic heterocycles. The highest BCUT2D eigenvalue weighted by Crippen LogP contribution is 2.18. The van der Waals surface area contributed by atoms with Crippen molar-refractivity contribution in [2.75, 3.05) is 0 Å². The molecule has 0 N–H and O–H groups in total. The number of aromatic nitrogens is 2. The van der Waals surface area contributed by atoms with E-state index in [9.17, 15) is 0 Å². The number of hydrogen-bond acceptors (Lipinski definition) is 1. The summed E-state index contributed by atoms with van der Waals surface area (Å²) in [6.07, 6.45) is 5.76. The maximum absolute atomic E-state index is 4.54. The third-order valence-electron chi connectivity index (χ3n) is 2.26. The zero-order valence-corrected chi connectivity index (χ0v) is 9.41. The minimum absolute atomic E-state index is 0.463. The van der Waals surface area contributed by atoms with Crippen LogP contribution in [0.15, 0.2) is 18.7 Å². The van der Waals surface area contributed by atoms with Crippen LogP contribution < -0.4 is 0 Å². The summed E-state index contributed by atoms with van der Waals surface area (Å²) in [7, 11) is 2.05. The van der Waals surface area contributed by atoms with Crippen molar-refractivity contribution in [2.24, 2.45) is 7.05 Å². The molecule has 0 atom stereocenters.